The Morgan fingerprint density at radius 2 is 2.36 bits per heavy atom. The lowest BCUT2D eigenvalue weighted by atomic mass is 10.5. The van der Waals surface area contributed by atoms with Crippen molar-refractivity contribution in [3.8, 4) is 5.75 Å². The minimum atomic E-state index is 0.405. The number of hydrogen-bond acceptors (Lipinski definition) is 3. The average molecular weight is 212 g/mol. The third-order valence-corrected chi connectivity index (χ3v) is 2.06. The van der Waals surface area contributed by atoms with Crippen LogP contribution in [0, 0.1) is 6.92 Å². The van der Waals surface area contributed by atoms with Gasteiger partial charge in [-0.25, -0.2) is 9.50 Å². The SMILES string of the molecule is CCOc1cc(Cl)nn2c(C)cnc12. The van der Waals surface area contributed by atoms with Gasteiger partial charge in [0.1, 0.15) is 0 Å². The summed E-state index contributed by atoms with van der Waals surface area (Å²) in [7, 11) is 0. The fraction of sp³-hybridized carbons (Fsp3) is 0.333. The van der Waals surface area contributed by atoms with Crippen molar-refractivity contribution in [2.24, 2.45) is 0 Å². The number of halogens is 1. The minimum Gasteiger partial charge on any atom is -0.490 e. The Kier molecular flexibility index (Phi) is 2.29. The molecule has 0 aromatic carbocycles. The van der Waals surface area contributed by atoms with E-state index in [9.17, 15) is 0 Å². The highest BCUT2D eigenvalue weighted by atomic mass is 35.5. The van der Waals surface area contributed by atoms with Crippen molar-refractivity contribution in [1.82, 2.24) is 14.6 Å². The van der Waals surface area contributed by atoms with E-state index in [2.05, 4.69) is 10.1 Å². The van der Waals surface area contributed by atoms with E-state index < -0.39 is 0 Å². The zero-order chi connectivity index (χ0) is 10.1. The Balaban J connectivity index is 2.68. The molecule has 0 bridgehead atoms. The van der Waals surface area contributed by atoms with Gasteiger partial charge < -0.3 is 4.74 Å². The third-order valence-electron chi connectivity index (χ3n) is 1.87. The summed E-state index contributed by atoms with van der Waals surface area (Å²) in [5.74, 6) is 0.667. The Labute approximate surface area is 86.5 Å². The number of hydrogen-bond donors (Lipinski definition) is 0. The first-order valence-corrected chi connectivity index (χ1v) is 4.74. The summed E-state index contributed by atoms with van der Waals surface area (Å²) in [6.07, 6.45) is 1.74. The normalized spacial score (nSPS) is 10.8. The van der Waals surface area contributed by atoms with Crippen LogP contribution in [-0.4, -0.2) is 21.2 Å². The van der Waals surface area contributed by atoms with Crippen LogP contribution in [0.3, 0.4) is 0 Å². The van der Waals surface area contributed by atoms with Crippen LogP contribution in [0.1, 0.15) is 12.6 Å². The summed E-state index contributed by atoms with van der Waals surface area (Å²) in [5.41, 5.74) is 1.64. The standard InChI is InChI=1S/C9H10ClN3O/c1-3-14-7-4-8(10)12-13-6(2)5-11-9(7)13/h4-5H,3H2,1-2H3. The van der Waals surface area contributed by atoms with Gasteiger partial charge in [-0.2, -0.15) is 5.10 Å². The Hall–Kier alpha value is -1.29. The van der Waals surface area contributed by atoms with E-state index in [4.69, 9.17) is 16.3 Å². The van der Waals surface area contributed by atoms with Gasteiger partial charge in [-0.3, -0.25) is 0 Å². The highest BCUT2D eigenvalue weighted by Crippen LogP contribution is 2.21. The summed E-state index contributed by atoms with van der Waals surface area (Å²) in [4.78, 5) is 4.19. The highest BCUT2D eigenvalue weighted by molar-refractivity contribution is 6.29. The molecule has 74 valence electrons. The zero-order valence-electron chi connectivity index (χ0n) is 7.99. The van der Waals surface area contributed by atoms with Gasteiger partial charge in [0.15, 0.2) is 16.5 Å². The lowest BCUT2D eigenvalue weighted by Crippen LogP contribution is -1.99. The summed E-state index contributed by atoms with van der Waals surface area (Å²) >= 11 is 5.85. The van der Waals surface area contributed by atoms with Crippen LogP contribution in [0.15, 0.2) is 12.3 Å². The quantitative estimate of drug-likeness (QED) is 0.764. The molecule has 0 amide bonds. The zero-order valence-corrected chi connectivity index (χ0v) is 8.75. The van der Waals surface area contributed by atoms with Crippen molar-refractivity contribution in [3.05, 3.63) is 23.1 Å². The van der Waals surface area contributed by atoms with Crippen molar-refractivity contribution in [1.29, 1.82) is 0 Å². The Morgan fingerprint density at radius 3 is 3.07 bits per heavy atom. The molecule has 0 fully saturated rings. The van der Waals surface area contributed by atoms with Crippen LogP contribution in [0.2, 0.25) is 5.15 Å². The molecule has 0 saturated heterocycles. The van der Waals surface area contributed by atoms with E-state index >= 15 is 0 Å². The number of nitrogens with zero attached hydrogens (tertiary/aromatic N) is 3. The van der Waals surface area contributed by atoms with Gasteiger partial charge in [-0.15, -0.1) is 0 Å². The fourth-order valence-electron chi connectivity index (χ4n) is 1.28. The van der Waals surface area contributed by atoms with Gasteiger partial charge in [0.25, 0.3) is 0 Å². The molecule has 0 atom stereocenters. The number of rotatable bonds is 2. The van der Waals surface area contributed by atoms with Gasteiger partial charge >= 0.3 is 0 Å². The molecule has 0 radical (unpaired) electrons. The molecule has 2 rings (SSSR count). The van der Waals surface area contributed by atoms with Crippen LogP contribution < -0.4 is 4.74 Å². The molecule has 0 saturated carbocycles. The van der Waals surface area contributed by atoms with Gasteiger partial charge in [0.05, 0.1) is 18.5 Å². The topological polar surface area (TPSA) is 39.4 Å². The van der Waals surface area contributed by atoms with E-state index in [0.29, 0.717) is 23.2 Å². The van der Waals surface area contributed by atoms with Crippen LogP contribution in [0.25, 0.3) is 5.65 Å². The maximum Gasteiger partial charge on any atom is 0.196 e. The second-order valence-corrected chi connectivity index (χ2v) is 3.29. The maximum absolute atomic E-state index is 5.85. The van der Waals surface area contributed by atoms with Gasteiger partial charge in [0.2, 0.25) is 0 Å². The van der Waals surface area contributed by atoms with Gasteiger partial charge in [0, 0.05) is 6.07 Å². The van der Waals surface area contributed by atoms with Gasteiger partial charge in [-0.05, 0) is 13.8 Å². The summed E-state index contributed by atoms with van der Waals surface area (Å²) in [6.45, 7) is 4.42. The lowest BCUT2D eigenvalue weighted by Gasteiger charge is -2.04. The lowest BCUT2D eigenvalue weighted by molar-refractivity contribution is 0.341. The number of aryl methyl sites for hydroxylation is 1. The molecule has 2 aromatic heterocycles. The minimum absolute atomic E-state index is 0.405. The van der Waals surface area contributed by atoms with Crippen molar-refractivity contribution >= 4 is 17.2 Å². The number of imidazole rings is 1. The van der Waals surface area contributed by atoms with E-state index in [-0.39, 0.29) is 0 Å². The fourth-order valence-corrected chi connectivity index (χ4v) is 1.46. The predicted octanol–water partition coefficient (Wildman–Crippen LogP) is 2.09. The van der Waals surface area contributed by atoms with Crippen molar-refractivity contribution in [2.45, 2.75) is 13.8 Å². The molecule has 2 heterocycles. The molecule has 0 spiro atoms. The molecule has 4 nitrogen and oxygen atoms in total. The molecule has 5 heteroatoms. The van der Waals surface area contributed by atoms with Crippen LogP contribution in [-0.2, 0) is 0 Å². The number of aromatic nitrogens is 3. The predicted molar refractivity (Wildman–Crippen MR) is 53.9 cm³/mol. The molecule has 2 aromatic rings. The average Bonchev–Trinajstić information content (AvgIpc) is 2.49. The van der Waals surface area contributed by atoms with Crippen molar-refractivity contribution in [3.63, 3.8) is 0 Å². The number of fused-ring (bicyclic) bond motifs is 1. The summed E-state index contributed by atoms with van der Waals surface area (Å²) in [6, 6.07) is 1.67. The highest BCUT2D eigenvalue weighted by Gasteiger charge is 2.08. The molecule has 14 heavy (non-hydrogen) atoms. The first kappa shape index (κ1) is 9.27. The smallest absolute Gasteiger partial charge is 0.196 e. The van der Waals surface area contributed by atoms with Crippen LogP contribution >= 0.6 is 11.6 Å². The molecular formula is C9H10ClN3O. The molecule has 0 aliphatic rings. The first-order chi connectivity index (χ1) is 6.72. The second-order valence-electron chi connectivity index (χ2n) is 2.90. The monoisotopic (exact) mass is 211 g/mol. The molecule has 0 unspecified atom stereocenters. The van der Waals surface area contributed by atoms with E-state index in [1.54, 1.807) is 16.8 Å². The molecular weight excluding hydrogens is 202 g/mol. The Bertz CT molecular complexity index is 466. The van der Waals surface area contributed by atoms with Crippen molar-refractivity contribution in [2.75, 3.05) is 6.61 Å². The molecule has 0 aliphatic carbocycles. The molecule has 0 N–H and O–H groups in total. The van der Waals surface area contributed by atoms with E-state index in [1.165, 1.54) is 0 Å². The largest absolute Gasteiger partial charge is 0.490 e. The van der Waals surface area contributed by atoms with E-state index in [0.717, 1.165) is 5.69 Å². The summed E-state index contributed by atoms with van der Waals surface area (Å²) in [5, 5.41) is 4.52. The van der Waals surface area contributed by atoms with E-state index in [1.807, 2.05) is 13.8 Å². The maximum atomic E-state index is 5.85. The van der Waals surface area contributed by atoms with Crippen molar-refractivity contribution < 1.29 is 4.74 Å². The Morgan fingerprint density at radius 1 is 1.57 bits per heavy atom. The van der Waals surface area contributed by atoms with Crippen LogP contribution in [0.4, 0.5) is 0 Å². The summed E-state index contributed by atoms with van der Waals surface area (Å²) < 4.78 is 7.08. The first-order valence-electron chi connectivity index (χ1n) is 4.36. The second kappa shape index (κ2) is 3.46. The number of ether oxygens (including phenoxy) is 1. The van der Waals surface area contributed by atoms with Gasteiger partial charge in [-0.1, -0.05) is 11.6 Å². The van der Waals surface area contributed by atoms with Crippen LogP contribution in [0.5, 0.6) is 5.75 Å². The third kappa shape index (κ3) is 1.42. The molecule has 0 aliphatic heterocycles.